The molecule has 0 amide bonds. The zero-order valence-corrected chi connectivity index (χ0v) is 11.9. The van der Waals surface area contributed by atoms with Gasteiger partial charge in [0, 0.05) is 11.1 Å². The van der Waals surface area contributed by atoms with Crippen LogP contribution in [0.15, 0.2) is 54.6 Å². The lowest BCUT2D eigenvalue weighted by Crippen LogP contribution is -1.76. The van der Waals surface area contributed by atoms with Crippen LogP contribution in [-0.4, -0.2) is 12.5 Å². The average Bonchev–Trinajstić information content (AvgIpc) is 2.40. The summed E-state index contributed by atoms with van der Waals surface area (Å²) in [6.45, 7) is 2.08. The molecule has 2 aromatic carbocycles. The Kier molecular flexibility index (Phi) is 6.76. The van der Waals surface area contributed by atoms with Crippen molar-refractivity contribution in [3.63, 3.8) is 0 Å². The van der Waals surface area contributed by atoms with Crippen molar-refractivity contribution in [2.75, 3.05) is 12.5 Å². The van der Waals surface area contributed by atoms with Gasteiger partial charge in [-0.15, -0.1) is 0 Å². The van der Waals surface area contributed by atoms with Crippen LogP contribution in [0.4, 0.5) is 0 Å². The number of thioether (sulfide) groups is 1. The second-order valence-corrected chi connectivity index (χ2v) is 4.71. The van der Waals surface area contributed by atoms with E-state index >= 15 is 0 Å². The van der Waals surface area contributed by atoms with Crippen LogP contribution >= 0.6 is 11.8 Å². The molecule has 0 saturated heterocycles. The van der Waals surface area contributed by atoms with Gasteiger partial charge >= 0.3 is 0 Å². The molecule has 1 heteroatoms. The lowest BCUT2D eigenvalue weighted by molar-refractivity contribution is 1.46. The summed E-state index contributed by atoms with van der Waals surface area (Å²) in [5, 5.41) is 0. The fourth-order valence-corrected chi connectivity index (χ4v) is 1.30. The highest BCUT2D eigenvalue weighted by Gasteiger charge is 1.86. The first-order chi connectivity index (χ1) is 8.76. The Hall–Kier alpha value is -1.65. The Morgan fingerprint density at radius 1 is 0.722 bits per heavy atom. The topological polar surface area (TPSA) is 0 Å². The summed E-state index contributed by atoms with van der Waals surface area (Å²) in [5.74, 6) is 6.27. The maximum atomic E-state index is 3.14. The number of aryl methyl sites for hydroxylation is 1. The largest absolute Gasteiger partial charge is 0.169 e. The molecule has 0 bridgehead atoms. The molecule has 0 aliphatic carbocycles. The van der Waals surface area contributed by atoms with E-state index in [0.29, 0.717) is 0 Å². The van der Waals surface area contributed by atoms with Crippen molar-refractivity contribution >= 4 is 11.8 Å². The standard InChI is InChI=1S/C15H12.C2H6S/c1-13-7-9-15(10-8-13)12-11-14-5-3-2-4-6-14;1-3-2/h2-10H,1H3;1-2H3. The van der Waals surface area contributed by atoms with Crippen LogP contribution in [0.25, 0.3) is 0 Å². The summed E-state index contributed by atoms with van der Waals surface area (Å²) >= 11 is 1.75. The molecule has 92 valence electrons. The minimum atomic E-state index is 1.05. The van der Waals surface area contributed by atoms with Crippen molar-refractivity contribution < 1.29 is 0 Å². The van der Waals surface area contributed by atoms with Gasteiger partial charge < -0.3 is 0 Å². The molecule has 0 saturated carbocycles. The molecule has 0 aliphatic rings. The van der Waals surface area contributed by atoms with Gasteiger partial charge in [-0.3, -0.25) is 0 Å². The Balaban J connectivity index is 0.000000492. The molecule has 0 radical (unpaired) electrons. The third-order valence-electron chi connectivity index (χ3n) is 2.18. The first kappa shape index (κ1) is 14.4. The third kappa shape index (κ3) is 5.61. The molecular weight excluding hydrogens is 236 g/mol. The highest BCUT2D eigenvalue weighted by molar-refractivity contribution is 7.97. The maximum Gasteiger partial charge on any atom is 0.0249 e. The molecule has 0 spiro atoms. The van der Waals surface area contributed by atoms with E-state index in [0.717, 1.165) is 11.1 Å². The fourth-order valence-electron chi connectivity index (χ4n) is 1.30. The van der Waals surface area contributed by atoms with Gasteiger partial charge in [0.25, 0.3) is 0 Å². The predicted octanol–water partition coefficient (Wildman–Crippen LogP) is 4.37. The van der Waals surface area contributed by atoms with Crippen molar-refractivity contribution in [1.29, 1.82) is 0 Å². The highest BCUT2D eigenvalue weighted by atomic mass is 32.2. The average molecular weight is 254 g/mol. The van der Waals surface area contributed by atoms with E-state index in [9.17, 15) is 0 Å². The quantitative estimate of drug-likeness (QED) is 0.629. The van der Waals surface area contributed by atoms with Crippen LogP contribution in [0.5, 0.6) is 0 Å². The molecule has 0 nitrogen and oxygen atoms in total. The van der Waals surface area contributed by atoms with Gasteiger partial charge in [0.2, 0.25) is 0 Å². The van der Waals surface area contributed by atoms with Crippen LogP contribution in [0.1, 0.15) is 16.7 Å². The van der Waals surface area contributed by atoms with Crippen LogP contribution in [-0.2, 0) is 0 Å². The van der Waals surface area contributed by atoms with Crippen LogP contribution < -0.4 is 0 Å². The Bertz CT molecular complexity index is 501. The predicted molar refractivity (Wildman–Crippen MR) is 83.0 cm³/mol. The molecular formula is C17H18S. The lowest BCUT2D eigenvalue weighted by atomic mass is 10.1. The highest BCUT2D eigenvalue weighted by Crippen LogP contribution is 2.02. The van der Waals surface area contributed by atoms with Crippen LogP contribution in [0.2, 0.25) is 0 Å². The normalized spacial score (nSPS) is 8.61. The van der Waals surface area contributed by atoms with E-state index in [4.69, 9.17) is 0 Å². The summed E-state index contributed by atoms with van der Waals surface area (Å²) in [6.07, 6.45) is 4.08. The second kappa shape index (κ2) is 8.44. The Morgan fingerprint density at radius 3 is 1.67 bits per heavy atom. The molecule has 0 atom stereocenters. The number of benzene rings is 2. The summed E-state index contributed by atoms with van der Waals surface area (Å²) in [5.41, 5.74) is 3.38. The van der Waals surface area contributed by atoms with Crippen molar-refractivity contribution in [2.24, 2.45) is 0 Å². The van der Waals surface area contributed by atoms with Gasteiger partial charge in [0.05, 0.1) is 0 Å². The monoisotopic (exact) mass is 254 g/mol. The van der Waals surface area contributed by atoms with Gasteiger partial charge in [-0.2, -0.15) is 11.8 Å². The minimum absolute atomic E-state index is 1.05. The van der Waals surface area contributed by atoms with Gasteiger partial charge in [-0.25, -0.2) is 0 Å². The number of hydrogen-bond acceptors (Lipinski definition) is 1. The summed E-state index contributed by atoms with van der Waals surface area (Å²) in [7, 11) is 0. The summed E-state index contributed by atoms with van der Waals surface area (Å²) in [4.78, 5) is 0. The molecule has 2 aromatic rings. The summed E-state index contributed by atoms with van der Waals surface area (Å²) < 4.78 is 0. The fraction of sp³-hybridized carbons (Fsp3) is 0.176. The van der Waals surface area contributed by atoms with Crippen molar-refractivity contribution in [3.8, 4) is 11.8 Å². The van der Waals surface area contributed by atoms with Crippen molar-refractivity contribution in [3.05, 3.63) is 71.3 Å². The van der Waals surface area contributed by atoms with E-state index < -0.39 is 0 Å². The molecule has 0 fully saturated rings. The van der Waals surface area contributed by atoms with Crippen LogP contribution in [0.3, 0.4) is 0 Å². The zero-order valence-electron chi connectivity index (χ0n) is 11.1. The molecule has 0 unspecified atom stereocenters. The molecule has 2 rings (SSSR count). The van der Waals surface area contributed by atoms with E-state index in [1.807, 2.05) is 55.0 Å². The Morgan fingerprint density at radius 2 is 1.17 bits per heavy atom. The molecule has 0 aliphatic heterocycles. The molecule has 0 N–H and O–H groups in total. The van der Waals surface area contributed by atoms with E-state index in [-0.39, 0.29) is 0 Å². The van der Waals surface area contributed by atoms with Crippen molar-refractivity contribution in [1.82, 2.24) is 0 Å². The van der Waals surface area contributed by atoms with Crippen molar-refractivity contribution in [2.45, 2.75) is 6.92 Å². The van der Waals surface area contributed by atoms with Gasteiger partial charge in [-0.1, -0.05) is 47.7 Å². The number of rotatable bonds is 0. The first-order valence-corrected chi connectivity index (χ1v) is 7.43. The SMILES string of the molecule is CSC.Cc1ccc(C#Cc2ccccc2)cc1. The molecule has 0 aromatic heterocycles. The smallest absolute Gasteiger partial charge is 0.0249 e. The lowest BCUT2D eigenvalue weighted by Gasteiger charge is -1.91. The van der Waals surface area contributed by atoms with Gasteiger partial charge in [0.1, 0.15) is 0 Å². The van der Waals surface area contributed by atoms with Gasteiger partial charge in [0.15, 0.2) is 0 Å². The van der Waals surface area contributed by atoms with E-state index in [2.05, 4.69) is 30.9 Å². The first-order valence-electron chi connectivity index (χ1n) is 5.80. The molecule has 18 heavy (non-hydrogen) atoms. The molecule has 0 heterocycles. The zero-order chi connectivity index (χ0) is 13.2. The number of hydrogen-bond donors (Lipinski definition) is 0. The van der Waals surface area contributed by atoms with E-state index in [1.165, 1.54) is 5.56 Å². The van der Waals surface area contributed by atoms with E-state index in [1.54, 1.807) is 11.8 Å². The second-order valence-electron chi connectivity index (χ2n) is 3.89. The summed E-state index contributed by atoms with van der Waals surface area (Å²) in [6, 6.07) is 18.3. The maximum absolute atomic E-state index is 3.14. The van der Waals surface area contributed by atoms with Crippen LogP contribution in [0, 0.1) is 18.8 Å². The third-order valence-corrected chi connectivity index (χ3v) is 2.18. The van der Waals surface area contributed by atoms with Gasteiger partial charge in [-0.05, 0) is 43.7 Å². The Labute approximate surface area is 114 Å². The minimum Gasteiger partial charge on any atom is -0.169 e.